The van der Waals surface area contributed by atoms with Crippen molar-refractivity contribution in [2.75, 3.05) is 18.0 Å². The average Bonchev–Trinajstić information content (AvgIpc) is 3.41. The first-order valence-corrected chi connectivity index (χ1v) is 9.34. The van der Waals surface area contributed by atoms with Crippen molar-refractivity contribution >= 4 is 5.82 Å². The molecule has 0 radical (unpaired) electrons. The first kappa shape index (κ1) is 16.4. The van der Waals surface area contributed by atoms with Crippen molar-refractivity contribution in [3.8, 4) is 11.5 Å². The van der Waals surface area contributed by atoms with Crippen LogP contribution < -0.4 is 4.90 Å². The van der Waals surface area contributed by atoms with Gasteiger partial charge in [0.15, 0.2) is 5.82 Å². The number of aliphatic hydroxyl groups is 1. The minimum absolute atomic E-state index is 0.106. The van der Waals surface area contributed by atoms with E-state index < -0.39 is 0 Å². The molecule has 0 bridgehead atoms. The molecule has 1 N–H and O–H groups in total. The molecule has 0 aromatic carbocycles. The first-order chi connectivity index (χ1) is 13.2. The van der Waals surface area contributed by atoms with Gasteiger partial charge < -0.3 is 19.1 Å². The second-order valence-electron chi connectivity index (χ2n) is 7.59. The van der Waals surface area contributed by atoms with Gasteiger partial charge in [-0.3, -0.25) is 0 Å². The summed E-state index contributed by atoms with van der Waals surface area (Å²) in [7, 11) is 0. The van der Waals surface area contributed by atoms with Gasteiger partial charge in [-0.25, -0.2) is 9.97 Å². The zero-order valence-corrected chi connectivity index (χ0v) is 15.1. The molecule has 2 fully saturated rings. The second-order valence-corrected chi connectivity index (χ2v) is 7.59. The monoisotopic (exact) mass is 366 g/mol. The third kappa shape index (κ3) is 2.99. The number of imidazole rings is 1. The predicted octanol–water partition coefficient (Wildman–Crippen LogP) is 2.08. The van der Waals surface area contributed by atoms with Crippen LogP contribution in [0.1, 0.15) is 24.7 Å². The molecular weight excluding hydrogens is 344 g/mol. The maximum atomic E-state index is 10.6. The van der Waals surface area contributed by atoms with Gasteiger partial charge in [0.05, 0.1) is 18.5 Å². The molecule has 8 nitrogen and oxygen atoms in total. The Morgan fingerprint density at radius 1 is 1.19 bits per heavy atom. The lowest BCUT2D eigenvalue weighted by atomic mass is 9.77. The van der Waals surface area contributed by atoms with Gasteiger partial charge in [-0.2, -0.15) is 4.98 Å². The molecule has 4 atom stereocenters. The summed E-state index contributed by atoms with van der Waals surface area (Å²) in [6.45, 7) is 3.67. The van der Waals surface area contributed by atoms with E-state index in [9.17, 15) is 5.11 Å². The van der Waals surface area contributed by atoms with Crippen LogP contribution in [0.25, 0.3) is 11.5 Å². The molecule has 3 aromatic rings. The van der Waals surface area contributed by atoms with Crippen LogP contribution in [0.2, 0.25) is 0 Å². The van der Waals surface area contributed by atoms with Crippen LogP contribution in [0, 0.1) is 18.8 Å². The average molecular weight is 366 g/mol. The van der Waals surface area contributed by atoms with E-state index >= 15 is 0 Å². The van der Waals surface area contributed by atoms with Crippen molar-refractivity contribution in [3.05, 3.63) is 42.9 Å². The minimum Gasteiger partial charge on any atom is -0.391 e. The molecule has 0 spiro atoms. The molecule has 4 heterocycles. The Labute approximate surface area is 156 Å². The van der Waals surface area contributed by atoms with Crippen molar-refractivity contribution < 1.29 is 9.63 Å². The summed E-state index contributed by atoms with van der Waals surface area (Å²) >= 11 is 0. The van der Waals surface area contributed by atoms with E-state index in [0.29, 0.717) is 23.6 Å². The third-order valence-electron chi connectivity index (χ3n) is 5.86. The van der Waals surface area contributed by atoms with E-state index in [-0.39, 0.29) is 12.1 Å². The number of aryl methyl sites for hydroxylation is 1. The molecule has 1 aliphatic heterocycles. The van der Waals surface area contributed by atoms with Crippen LogP contribution in [0.3, 0.4) is 0 Å². The Hall–Kier alpha value is -2.74. The fraction of sp³-hybridized carbons (Fsp3) is 0.474. The topological polar surface area (TPSA) is 93.1 Å². The summed E-state index contributed by atoms with van der Waals surface area (Å²) in [6.07, 6.45) is 8.75. The van der Waals surface area contributed by atoms with Crippen LogP contribution in [-0.4, -0.2) is 49.0 Å². The van der Waals surface area contributed by atoms with E-state index in [4.69, 9.17) is 4.52 Å². The lowest BCUT2D eigenvalue weighted by molar-refractivity contribution is 0.0358. The predicted molar refractivity (Wildman–Crippen MR) is 98.0 cm³/mol. The largest absolute Gasteiger partial charge is 0.391 e. The highest BCUT2D eigenvalue weighted by Crippen LogP contribution is 2.42. The third-order valence-corrected chi connectivity index (χ3v) is 5.86. The van der Waals surface area contributed by atoms with E-state index in [1.807, 2.05) is 29.8 Å². The number of aromatic nitrogens is 5. The van der Waals surface area contributed by atoms with Gasteiger partial charge in [-0.1, -0.05) is 5.16 Å². The van der Waals surface area contributed by atoms with Gasteiger partial charge in [-0.15, -0.1) is 0 Å². The summed E-state index contributed by atoms with van der Waals surface area (Å²) in [5, 5.41) is 14.5. The minimum atomic E-state index is -0.332. The lowest BCUT2D eigenvalue weighted by Crippen LogP contribution is -2.35. The fourth-order valence-electron chi connectivity index (χ4n) is 4.52. The van der Waals surface area contributed by atoms with Crippen LogP contribution in [0.4, 0.5) is 5.82 Å². The fourth-order valence-corrected chi connectivity index (χ4v) is 4.52. The maximum absolute atomic E-state index is 10.6. The molecule has 5 rings (SSSR count). The van der Waals surface area contributed by atoms with Crippen molar-refractivity contribution in [3.63, 3.8) is 0 Å². The van der Waals surface area contributed by atoms with Crippen molar-refractivity contribution in [1.82, 2.24) is 24.7 Å². The van der Waals surface area contributed by atoms with E-state index in [2.05, 4.69) is 25.0 Å². The molecule has 0 amide bonds. The van der Waals surface area contributed by atoms with Gasteiger partial charge in [0.25, 0.3) is 5.89 Å². The normalized spacial score (nSPS) is 27.7. The standard InChI is InChI=1S/C19H22N6O2/c1-12-22-19(27-23-12)13-2-3-21-18(8-13)25-9-14-6-16(24-5-4-20-11-24)17(26)7-15(14)10-25/h2-5,8,11,14-17,26H,6-7,9-10H2,1H3/t14-,15+,16-,17-/m1/s1. The van der Waals surface area contributed by atoms with Crippen LogP contribution in [-0.2, 0) is 0 Å². The second kappa shape index (κ2) is 6.45. The molecule has 2 aliphatic rings. The van der Waals surface area contributed by atoms with Gasteiger partial charge in [0, 0.05) is 37.2 Å². The summed E-state index contributed by atoms with van der Waals surface area (Å²) in [6, 6.07) is 4.00. The summed E-state index contributed by atoms with van der Waals surface area (Å²) in [5.74, 6) is 3.08. The number of anilines is 1. The summed E-state index contributed by atoms with van der Waals surface area (Å²) in [5.41, 5.74) is 0.881. The molecular formula is C19H22N6O2. The molecule has 27 heavy (non-hydrogen) atoms. The zero-order chi connectivity index (χ0) is 18.4. The van der Waals surface area contributed by atoms with E-state index in [1.165, 1.54) is 0 Å². The molecule has 1 aliphatic carbocycles. The zero-order valence-electron chi connectivity index (χ0n) is 15.1. The number of fused-ring (bicyclic) bond motifs is 1. The molecule has 8 heteroatoms. The Morgan fingerprint density at radius 2 is 2.04 bits per heavy atom. The number of aliphatic hydroxyl groups excluding tert-OH is 1. The molecule has 140 valence electrons. The quantitative estimate of drug-likeness (QED) is 0.758. The first-order valence-electron chi connectivity index (χ1n) is 9.34. The summed E-state index contributed by atoms with van der Waals surface area (Å²) < 4.78 is 7.32. The van der Waals surface area contributed by atoms with Gasteiger partial charge >= 0.3 is 0 Å². The Morgan fingerprint density at radius 3 is 2.78 bits per heavy atom. The highest BCUT2D eigenvalue weighted by atomic mass is 16.5. The van der Waals surface area contributed by atoms with E-state index in [0.717, 1.165) is 37.3 Å². The Kier molecular flexibility index (Phi) is 3.93. The number of rotatable bonds is 3. The number of pyridine rings is 1. The number of nitrogens with zero attached hydrogens (tertiary/aromatic N) is 6. The van der Waals surface area contributed by atoms with Gasteiger partial charge in [-0.05, 0) is 43.7 Å². The van der Waals surface area contributed by atoms with Crippen molar-refractivity contribution in [1.29, 1.82) is 0 Å². The van der Waals surface area contributed by atoms with Crippen LogP contribution >= 0.6 is 0 Å². The SMILES string of the molecule is Cc1noc(-c2ccnc(N3C[C@H]4C[C@@H](n5ccnc5)[C@H](O)C[C@H]4C3)c2)n1. The van der Waals surface area contributed by atoms with Crippen molar-refractivity contribution in [2.24, 2.45) is 11.8 Å². The smallest absolute Gasteiger partial charge is 0.258 e. The molecule has 0 unspecified atom stereocenters. The van der Waals surface area contributed by atoms with Gasteiger partial charge in [0.2, 0.25) is 0 Å². The number of hydrogen-bond donors (Lipinski definition) is 1. The molecule has 1 saturated carbocycles. The highest BCUT2D eigenvalue weighted by Gasteiger charge is 2.42. The highest BCUT2D eigenvalue weighted by molar-refractivity contribution is 5.59. The van der Waals surface area contributed by atoms with Crippen LogP contribution in [0.15, 0.2) is 41.6 Å². The molecule has 3 aromatic heterocycles. The maximum Gasteiger partial charge on any atom is 0.258 e. The lowest BCUT2D eigenvalue weighted by Gasteiger charge is -2.35. The van der Waals surface area contributed by atoms with E-state index in [1.54, 1.807) is 18.7 Å². The Balaban J connectivity index is 1.35. The Bertz CT molecular complexity index is 924. The van der Waals surface area contributed by atoms with Gasteiger partial charge in [0.1, 0.15) is 5.82 Å². The number of hydrogen-bond acceptors (Lipinski definition) is 7. The summed E-state index contributed by atoms with van der Waals surface area (Å²) in [4.78, 5) is 15.3. The van der Waals surface area contributed by atoms with Crippen LogP contribution in [0.5, 0.6) is 0 Å². The van der Waals surface area contributed by atoms with Crippen molar-refractivity contribution in [2.45, 2.75) is 31.9 Å². The molecule has 1 saturated heterocycles.